The first kappa shape index (κ1) is 12.8. The molecule has 96 valence electrons. The molecule has 1 unspecified atom stereocenters. The molecule has 0 saturated heterocycles. The summed E-state index contributed by atoms with van der Waals surface area (Å²) < 4.78 is 1.79. The first-order valence-electron chi connectivity index (χ1n) is 5.93. The molecule has 18 heavy (non-hydrogen) atoms. The Hall–Kier alpha value is -1.62. The zero-order chi connectivity index (χ0) is 13.1. The number of aromatic nitrogens is 4. The highest BCUT2D eigenvalue weighted by Gasteiger charge is 2.13. The van der Waals surface area contributed by atoms with Gasteiger partial charge < -0.3 is 5.73 Å². The maximum atomic E-state index is 5.95. The normalized spacial score (nSPS) is 12.6. The van der Waals surface area contributed by atoms with Gasteiger partial charge in [-0.2, -0.15) is 0 Å². The summed E-state index contributed by atoms with van der Waals surface area (Å²) >= 11 is 5.89. The van der Waals surface area contributed by atoms with Gasteiger partial charge in [0.05, 0.1) is 0 Å². The number of hydrogen-bond donors (Lipinski definition) is 1. The number of halogens is 1. The lowest BCUT2D eigenvalue weighted by atomic mass is 10.1. The highest BCUT2D eigenvalue weighted by Crippen LogP contribution is 2.26. The maximum absolute atomic E-state index is 5.95. The number of nitrogens with zero attached hydrogens (tertiary/aromatic N) is 4. The Morgan fingerprint density at radius 1 is 1.44 bits per heavy atom. The van der Waals surface area contributed by atoms with Crippen molar-refractivity contribution in [2.24, 2.45) is 5.92 Å². The molecule has 5 nitrogen and oxygen atoms in total. The summed E-state index contributed by atoms with van der Waals surface area (Å²) in [6.07, 6.45) is 1.08. The summed E-state index contributed by atoms with van der Waals surface area (Å²) in [5, 5.41) is 12.4. The molecule has 1 heterocycles. The highest BCUT2D eigenvalue weighted by molar-refractivity contribution is 6.31. The number of nitrogen functional groups attached to an aromatic ring is 1. The second kappa shape index (κ2) is 5.35. The van der Waals surface area contributed by atoms with E-state index in [2.05, 4.69) is 29.4 Å². The van der Waals surface area contributed by atoms with E-state index < -0.39 is 0 Å². The van der Waals surface area contributed by atoms with Gasteiger partial charge in [0.15, 0.2) is 5.82 Å². The van der Waals surface area contributed by atoms with Crippen LogP contribution in [0.2, 0.25) is 5.02 Å². The molecule has 0 aliphatic carbocycles. The van der Waals surface area contributed by atoms with Gasteiger partial charge in [-0.3, -0.25) is 0 Å². The van der Waals surface area contributed by atoms with Gasteiger partial charge in [0.25, 0.3) is 0 Å². The van der Waals surface area contributed by atoms with E-state index in [4.69, 9.17) is 17.3 Å². The number of rotatable bonds is 4. The topological polar surface area (TPSA) is 69.6 Å². The average molecular weight is 266 g/mol. The molecule has 0 aliphatic heterocycles. The van der Waals surface area contributed by atoms with Gasteiger partial charge in [0, 0.05) is 22.8 Å². The SMILES string of the molecule is CCC(C)Cn1nnnc1-c1ccc(Cl)cc1N. The van der Waals surface area contributed by atoms with Gasteiger partial charge in [-0.15, -0.1) is 5.10 Å². The van der Waals surface area contributed by atoms with E-state index in [0.717, 1.165) is 18.5 Å². The van der Waals surface area contributed by atoms with Crippen LogP contribution in [0.3, 0.4) is 0 Å². The molecule has 0 spiro atoms. The first-order valence-corrected chi connectivity index (χ1v) is 6.31. The third-order valence-electron chi connectivity index (χ3n) is 2.97. The van der Waals surface area contributed by atoms with Gasteiger partial charge in [-0.05, 0) is 34.5 Å². The van der Waals surface area contributed by atoms with Crippen molar-refractivity contribution in [1.82, 2.24) is 20.2 Å². The molecule has 1 atom stereocenters. The van der Waals surface area contributed by atoms with Gasteiger partial charge >= 0.3 is 0 Å². The Balaban J connectivity index is 2.36. The largest absolute Gasteiger partial charge is 0.398 e. The van der Waals surface area contributed by atoms with Crippen LogP contribution in [0.5, 0.6) is 0 Å². The van der Waals surface area contributed by atoms with Crippen molar-refractivity contribution in [1.29, 1.82) is 0 Å². The lowest BCUT2D eigenvalue weighted by Crippen LogP contribution is -2.10. The Labute approximate surface area is 111 Å². The summed E-state index contributed by atoms with van der Waals surface area (Å²) in [5.41, 5.74) is 7.35. The van der Waals surface area contributed by atoms with E-state index in [1.807, 2.05) is 6.07 Å². The molecular weight excluding hydrogens is 250 g/mol. The minimum Gasteiger partial charge on any atom is -0.398 e. The number of nitrogens with two attached hydrogens (primary N) is 1. The summed E-state index contributed by atoms with van der Waals surface area (Å²) in [6, 6.07) is 5.34. The van der Waals surface area contributed by atoms with Crippen molar-refractivity contribution in [2.75, 3.05) is 5.73 Å². The fourth-order valence-electron chi connectivity index (χ4n) is 1.68. The summed E-state index contributed by atoms with van der Waals surface area (Å²) in [4.78, 5) is 0. The first-order chi connectivity index (χ1) is 8.61. The molecule has 6 heteroatoms. The zero-order valence-corrected chi connectivity index (χ0v) is 11.2. The Bertz CT molecular complexity index is 537. The molecule has 0 fully saturated rings. The van der Waals surface area contributed by atoms with Crippen LogP contribution in [0.15, 0.2) is 18.2 Å². The monoisotopic (exact) mass is 265 g/mol. The molecule has 1 aromatic carbocycles. The molecule has 1 aromatic heterocycles. The number of benzene rings is 1. The second-order valence-electron chi connectivity index (χ2n) is 4.43. The van der Waals surface area contributed by atoms with Gasteiger partial charge in [0.2, 0.25) is 0 Å². The van der Waals surface area contributed by atoms with Crippen molar-refractivity contribution in [3.05, 3.63) is 23.2 Å². The van der Waals surface area contributed by atoms with Gasteiger partial charge in [-0.25, -0.2) is 4.68 Å². The molecule has 0 bridgehead atoms. The van der Waals surface area contributed by atoms with Gasteiger partial charge in [-0.1, -0.05) is 31.9 Å². The molecule has 0 saturated carbocycles. The van der Waals surface area contributed by atoms with Crippen molar-refractivity contribution in [3.8, 4) is 11.4 Å². The van der Waals surface area contributed by atoms with Crippen LogP contribution in [0, 0.1) is 5.92 Å². The Kier molecular flexibility index (Phi) is 3.81. The quantitative estimate of drug-likeness (QED) is 0.863. The van der Waals surface area contributed by atoms with Crippen LogP contribution in [0.4, 0.5) is 5.69 Å². The minimum absolute atomic E-state index is 0.515. The third-order valence-corrected chi connectivity index (χ3v) is 3.20. The number of anilines is 1. The second-order valence-corrected chi connectivity index (χ2v) is 4.87. The molecule has 2 rings (SSSR count). The fraction of sp³-hybridized carbons (Fsp3) is 0.417. The van der Waals surface area contributed by atoms with E-state index in [1.54, 1.807) is 16.8 Å². The predicted molar refractivity (Wildman–Crippen MR) is 72.1 cm³/mol. The van der Waals surface area contributed by atoms with E-state index >= 15 is 0 Å². The van der Waals surface area contributed by atoms with E-state index in [9.17, 15) is 0 Å². The van der Waals surface area contributed by atoms with Crippen LogP contribution >= 0.6 is 11.6 Å². The van der Waals surface area contributed by atoms with Gasteiger partial charge in [0.1, 0.15) is 0 Å². The standard InChI is InChI=1S/C12H16ClN5/c1-3-8(2)7-18-12(15-16-17-18)10-5-4-9(13)6-11(10)14/h4-6,8H,3,7,14H2,1-2H3. The number of hydrogen-bond acceptors (Lipinski definition) is 4. The fourth-order valence-corrected chi connectivity index (χ4v) is 1.86. The van der Waals surface area contributed by atoms with Crippen LogP contribution in [0.25, 0.3) is 11.4 Å². The van der Waals surface area contributed by atoms with Crippen LogP contribution in [0.1, 0.15) is 20.3 Å². The summed E-state index contributed by atoms with van der Waals surface area (Å²) in [6.45, 7) is 5.09. The van der Waals surface area contributed by atoms with E-state index in [0.29, 0.717) is 22.5 Å². The van der Waals surface area contributed by atoms with Crippen molar-refractivity contribution < 1.29 is 0 Å². The smallest absolute Gasteiger partial charge is 0.184 e. The molecule has 0 aliphatic rings. The zero-order valence-electron chi connectivity index (χ0n) is 10.5. The van der Waals surface area contributed by atoms with Crippen LogP contribution in [-0.4, -0.2) is 20.2 Å². The summed E-state index contributed by atoms with van der Waals surface area (Å²) in [5.74, 6) is 1.20. The maximum Gasteiger partial charge on any atom is 0.184 e. The van der Waals surface area contributed by atoms with Crippen LogP contribution < -0.4 is 5.73 Å². The number of tetrazole rings is 1. The van der Waals surface area contributed by atoms with E-state index in [1.165, 1.54) is 0 Å². The third kappa shape index (κ3) is 2.61. The molecule has 2 N–H and O–H groups in total. The van der Waals surface area contributed by atoms with Crippen molar-refractivity contribution in [2.45, 2.75) is 26.8 Å². The van der Waals surface area contributed by atoms with Crippen LogP contribution in [-0.2, 0) is 6.54 Å². The highest BCUT2D eigenvalue weighted by atomic mass is 35.5. The minimum atomic E-state index is 0.515. The Morgan fingerprint density at radius 2 is 2.22 bits per heavy atom. The lowest BCUT2D eigenvalue weighted by Gasteiger charge is -2.10. The molecule has 0 radical (unpaired) electrons. The lowest BCUT2D eigenvalue weighted by molar-refractivity contribution is 0.434. The van der Waals surface area contributed by atoms with Crippen molar-refractivity contribution >= 4 is 17.3 Å². The summed E-state index contributed by atoms with van der Waals surface area (Å²) in [7, 11) is 0. The van der Waals surface area contributed by atoms with E-state index in [-0.39, 0.29) is 0 Å². The molecule has 0 amide bonds. The molecular formula is C12H16ClN5. The average Bonchev–Trinajstić information content (AvgIpc) is 2.77. The molecule has 2 aromatic rings. The Morgan fingerprint density at radius 3 is 2.89 bits per heavy atom. The van der Waals surface area contributed by atoms with Crippen molar-refractivity contribution in [3.63, 3.8) is 0 Å². The predicted octanol–water partition coefficient (Wildman–Crippen LogP) is 2.62.